The van der Waals surface area contributed by atoms with Crippen molar-refractivity contribution in [1.29, 1.82) is 0 Å². The monoisotopic (exact) mass is 438 g/mol. The van der Waals surface area contributed by atoms with Gasteiger partial charge in [0.1, 0.15) is 6.54 Å². The number of hydrogen-bond acceptors (Lipinski definition) is 3. The zero-order valence-electron chi connectivity index (χ0n) is 16.2. The number of carbonyl (C=O) groups excluding carboxylic acids is 1. The number of rotatable bonds is 5. The second kappa shape index (κ2) is 7.97. The first-order valence-electron chi connectivity index (χ1n) is 9.30. The maximum atomic E-state index is 13.2. The number of aromatic nitrogens is 1. The molecule has 7 heteroatoms. The molecule has 0 atom stereocenters. The predicted octanol–water partition coefficient (Wildman–Crippen LogP) is 5.07. The van der Waals surface area contributed by atoms with Crippen molar-refractivity contribution >= 4 is 43.9 Å². The summed E-state index contributed by atoms with van der Waals surface area (Å²) in [6.07, 6.45) is 1.52. The molecule has 0 unspecified atom stereocenters. The molecular formula is C23H19ClN2O3S. The van der Waals surface area contributed by atoms with Crippen LogP contribution in [0.25, 0.3) is 10.9 Å². The number of amides is 1. The van der Waals surface area contributed by atoms with E-state index in [2.05, 4.69) is 5.32 Å². The topological polar surface area (TPSA) is 68.2 Å². The Labute approximate surface area is 179 Å². The minimum absolute atomic E-state index is 0.00894. The Morgan fingerprint density at radius 1 is 0.967 bits per heavy atom. The summed E-state index contributed by atoms with van der Waals surface area (Å²) in [6.45, 7) is 1.91. The molecule has 30 heavy (non-hydrogen) atoms. The maximum Gasteiger partial charge on any atom is 0.244 e. The van der Waals surface area contributed by atoms with E-state index in [1.165, 1.54) is 18.3 Å². The standard InChI is InChI=1S/C23H19ClN2O3S/c1-16-6-2-4-8-20(16)25-23(27)15-26-14-22(19-7-3-5-9-21(19)26)30(28,29)18-12-10-17(24)11-13-18/h2-14H,15H2,1H3,(H,25,27). The molecule has 0 aliphatic heterocycles. The lowest BCUT2D eigenvalue weighted by atomic mass is 10.2. The minimum Gasteiger partial charge on any atom is -0.337 e. The molecule has 5 nitrogen and oxygen atoms in total. The molecule has 0 saturated carbocycles. The molecule has 3 aromatic carbocycles. The van der Waals surface area contributed by atoms with Crippen molar-refractivity contribution in [2.24, 2.45) is 0 Å². The van der Waals surface area contributed by atoms with Crippen molar-refractivity contribution in [3.8, 4) is 0 Å². The van der Waals surface area contributed by atoms with Gasteiger partial charge in [0.2, 0.25) is 15.7 Å². The lowest BCUT2D eigenvalue weighted by Crippen LogP contribution is -2.18. The molecule has 0 aliphatic carbocycles. The van der Waals surface area contributed by atoms with E-state index in [1.807, 2.05) is 37.3 Å². The third kappa shape index (κ3) is 3.84. The van der Waals surface area contributed by atoms with E-state index in [4.69, 9.17) is 11.6 Å². The highest BCUT2D eigenvalue weighted by Gasteiger charge is 2.24. The van der Waals surface area contributed by atoms with E-state index in [-0.39, 0.29) is 22.2 Å². The van der Waals surface area contributed by atoms with Gasteiger partial charge in [-0.25, -0.2) is 8.42 Å². The van der Waals surface area contributed by atoms with Crippen LogP contribution in [0.15, 0.2) is 88.8 Å². The van der Waals surface area contributed by atoms with Gasteiger partial charge in [0.05, 0.1) is 9.79 Å². The van der Waals surface area contributed by atoms with Crippen molar-refractivity contribution in [2.75, 3.05) is 5.32 Å². The summed E-state index contributed by atoms with van der Waals surface area (Å²) in [5.74, 6) is -0.236. The average molecular weight is 439 g/mol. The van der Waals surface area contributed by atoms with Crippen molar-refractivity contribution in [1.82, 2.24) is 4.57 Å². The van der Waals surface area contributed by atoms with Gasteiger partial charge in [-0.2, -0.15) is 0 Å². The van der Waals surface area contributed by atoms with Crippen molar-refractivity contribution in [3.05, 3.63) is 89.6 Å². The molecule has 0 radical (unpaired) electrons. The largest absolute Gasteiger partial charge is 0.337 e. The van der Waals surface area contributed by atoms with Gasteiger partial charge in [-0.1, -0.05) is 48.0 Å². The molecule has 0 aliphatic rings. The zero-order chi connectivity index (χ0) is 21.3. The Kier molecular flexibility index (Phi) is 5.37. The lowest BCUT2D eigenvalue weighted by Gasteiger charge is -2.09. The first-order chi connectivity index (χ1) is 14.4. The maximum absolute atomic E-state index is 13.2. The number of carbonyl (C=O) groups is 1. The van der Waals surface area contributed by atoms with Crippen LogP contribution in [0.4, 0.5) is 5.69 Å². The smallest absolute Gasteiger partial charge is 0.244 e. The van der Waals surface area contributed by atoms with Crippen molar-refractivity contribution in [3.63, 3.8) is 0 Å². The third-order valence-electron chi connectivity index (χ3n) is 4.90. The average Bonchev–Trinajstić information content (AvgIpc) is 3.09. The molecule has 0 spiro atoms. The van der Waals surface area contributed by atoms with E-state index in [0.717, 1.165) is 11.3 Å². The van der Waals surface area contributed by atoms with Gasteiger partial charge >= 0.3 is 0 Å². The fourth-order valence-electron chi connectivity index (χ4n) is 3.36. The summed E-state index contributed by atoms with van der Waals surface area (Å²) < 4.78 is 28.1. The SMILES string of the molecule is Cc1ccccc1NC(=O)Cn1cc(S(=O)(=O)c2ccc(Cl)cc2)c2ccccc21. The highest BCUT2D eigenvalue weighted by molar-refractivity contribution is 7.91. The van der Waals surface area contributed by atoms with E-state index in [9.17, 15) is 13.2 Å². The molecular weight excluding hydrogens is 420 g/mol. The first kappa shape index (κ1) is 20.2. The Morgan fingerprint density at radius 2 is 1.63 bits per heavy atom. The number of para-hydroxylation sites is 2. The van der Waals surface area contributed by atoms with Crippen LogP contribution in [0.1, 0.15) is 5.56 Å². The van der Waals surface area contributed by atoms with Gasteiger partial charge in [-0.3, -0.25) is 4.79 Å². The van der Waals surface area contributed by atoms with E-state index >= 15 is 0 Å². The molecule has 1 heterocycles. The number of aryl methyl sites for hydroxylation is 1. The van der Waals surface area contributed by atoms with Crippen molar-refractivity contribution < 1.29 is 13.2 Å². The third-order valence-corrected chi connectivity index (χ3v) is 6.95. The van der Waals surface area contributed by atoms with Crippen LogP contribution >= 0.6 is 11.6 Å². The number of nitrogens with one attached hydrogen (secondary N) is 1. The van der Waals surface area contributed by atoms with Crippen LogP contribution in [0.3, 0.4) is 0 Å². The number of sulfone groups is 1. The van der Waals surface area contributed by atoms with E-state index in [1.54, 1.807) is 34.9 Å². The van der Waals surface area contributed by atoms with Crippen LogP contribution in [0.2, 0.25) is 5.02 Å². The Morgan fingerprint density at radius 3 is 2.37 bits per heavy atom. The quantitative estimate of drug-likeness (QED) is 0.472. The molecule has 4 aromatic rings. The molecule has 0 bridgehead atoms. The van der Waals surface area contributed by atoms with Crippen LogP contribution in [-0.4, -0.2) is 18.9 Å². The number of benzene rings is 3. The van der Waals surface area contributed by atoms with Gasteiger partial charge in [0.25, 0.3) is 0 Å². The second-order valence-electron chi connectivity index (χ2n) is 6.96. The Bertz CT molecular complexity index is 1340. The molecule has 1 N–H and O–H groups in total. The van der Waals surface area contributed by atoms with Crippen molar-refractivity contribution in [2.45, 2.75) is 23.3 Å². The summed E-state index contributed by atoms with van der Waals surface area (Å²) in [4.78, 5) is 13.0. The number of anilines is 1. The summed E-state index contributed by atoms with van der Waals surface area (Å²) in [5, 5.41) is 3.91. The summed E-state index contributed by atoms with van der Waals surface area (Å²) in [6, 6.07) is 20.7. The molecule has 152 valence electrons. The van der Waals surface area contributed by atoms with Crippen LogP contribution in [-0.2, 0) is 21.2 Å². The number of halogens is 1. The second-order valence-corrected chi connectivity index (χ2v) is 9.31. The van der Waals surface area contributed by atoms with Gasteiger partial charge < -0.3 is 9.88 Å². The first-order valence-corrected chi connectivity index (χ1v) is 11.2. The van der Waals surface area contributed by atoms with E-state index < -0.39 is 9.84 Å². The fraction of sp³-hybridized carbons (Fsp3) is 0.0870. The molecule has 1 aromatic heterocycles. The summed E-state index contributed by atoms with van der Waals surface area (Å²) in [7, 11) is -3.77. The summed E-state index contributed by atoms with van der Waals surface area (Å²) in [5.41, 5.74) is 2.35. The Balaban J connectivity index is 1.71. The molecule has 0 saturated heterocycles. The highest BCUT2D eigenvalue weighted by atomic mass is 35.5. The highest BCUT2D eigenvalue weighted by Crippen LogP contribution is 2.30. The minimum atomic E-state index is -3.77. The summed E-state index contributed by atoms with van der Waals surface area (Å²) >= 11 is 5.90. The van der Waals surface area contributed by atoms with Gasteiger partial charge in [-0.15, -0.1) is 0 Å². The fourth-order valence-corrected chi connectivity index (χ4v) is 4.96. The van der Waals surface area contributed by atoms with Gasteiger partial charge in [0.15, 0.2) is 0 Å². The van der Waals surface area contributed by atoms with Gasteiger partial charge in [0, 0.05) is 27.8 Å². The number of hydrogen-bond donors (Lipinski definition) is 1. The number of fused-ring (bicyclic) bond motifs is 1. The molecule has 1 amide bonds. The zero-order valence-corrected chi connectivity index (χ0v) is 17.7. The van der Waals surface area contributed by atoms with Crippen LogP contribution in [0, 0.1) is 6.92 Å². The predicted molar refractivity (Wildman–Crippen MR) is 119 cm³/mol. The lowest BCUT2D eigenvalue weighted by molar-refractivity contribution is -0.116. The Hall–Kier alpha value is -3.09. The van der Waals surface area contributed by atoms with E-state index in [0.29, 0.717) is 15.9 Å². The normalized spacial score (nSPS) is 11.5. The van der Waals surface area contributed by atoms with Crippen LogP contribution < -0.4 is 5.32 Å². The molecule has 0 fully saturated rings. The molecule has 4 rings (SSSR count). The van der Waals surface area contributed by atoms with Crippen LogP contribution in [0.5, 0.6) is 0 Å². The van der Waals surface area contributed by atoms with Gasteiger partial charge in [-0.05, 0) is 48.9 Å². The number of nitrogens with zero attached hydrogens (tertiary/aromatic N) is 1.